The van der Waals surface area contributed by atoms with E-state index >= 15 is 0 Å². The number of aromatic nitrogens is 4. The van der Waals surface area contributed by atoms with Gasteiger partial charge in [0.05, 0.1) is 17.9 Å². The van der Waals surface area contributed by atoms with Crippen LogP contribution in [0, 0.1) is 0 Å². The highest BCUT2D eigenvalue weighted by atomic mass is 35.5. The summed E-state index contributed by atoms with van der Waals surface area (Å²) in [5, 5.41) is 12.0. The largest absolute Gasteiger partial charge is 0.371 e. The van der Waals surface area contributed by atoms with Crippen molar-refractivity contribution in [2.24, 2.45) is 7.05 Å². The Labute approximate surface area is 175 Å². The van der Waals surface area contributed by atoms with Crippen LogP contribution in [0.15, 0.2) is 35.4 Å². The number of rotatable bonds is 6. The molecule has 1 aromatic carbocycles. The molecule has 0 amide bonds. The van der Waals surface area contributed by atoms with Crippen LogP contribution in [-0.2, 0) is 13.5 Å². The summed E-state index contributed by atoms with van der Waals surface area (Å²) in [6, 6.07) is 7.12. The van der Waals surface area contributed by atoms with Crippen molar-refractivity contribution in [1.29, 1.82) is 0 Å². The van der Waals surface area contributed by atoms with Crippen molar-refractivity contribution in [2.45, 2.75) is 31.7 Å². The van der Waals surface area contributed by atoms with Crippen LogP contribution in [0.4, 0.5) is 5.69 Å². The molecule has 0 aliphatic carbocycles. The third-order valence-corrected chi connectivity index (χ3v) is 6.45. The number of aromatic amines is 1. The number of nitrogens with zero attached hydrogens (tertiary/aromatic N) is 5. The Morgan fingerprint density at radius 2 is 2.07 bits per heavy atom. The number of nitrogens with one attached hydrogen (secondary N) is 1. The maximum absolute atomic E-state index is 11.5. The lowest BCUT2D eigenvalue weighted by molar-refractivity contribution is 0.209. The summed E-state index contributed by atoms with van der Waals surface area (Å²) >= 11 is 6.06. The van der Waals surface area contributed by atoms with E-state index in [1.807, 2.05) is 17.9 Å². The normalized spacial score (nSPS) is 15.8. The first kappa shape index (κ1) is 19.9. The monoisotopic (exact) mass is 414 g/mol. The van der Waals surface area contributed by atoms with E-state index in [0.29, 0.717) is 6.04 Å². The van der Waals surface area contributed by atoms with Gasteiger partial charge in [-0.1, -0.05) is 11.6 Å². The number of halogens is 1. The maximum atomic E-state index is 11.5. The molecule has 4 rings (SSSR count). The van der Waals surface area contributed by atoms with Gasteiger partial charge >= 0.3 is 0 Å². The zero-order valence-electron chi connectivity index (χ0n) is 16.9. The molecule has 1 fully saturated rings. The van der Waals surface area contributed by atoms with E-state index in [0.717, 1.165) is 50.9 Å². The summed E-state index contributed by atoms with van der Waals surface area (Å²) in [5.74, 6) is 0. The molecule has 2 aromatic heterocycles. The van der Waals surface area contributed by atoms with Gasteiger partial charge in [-0.3, -0.25) is 9.48 Å². The zero-order chi connectivity index (χ0) is 20.4. The van der Waals surface area contributed by atoms with E-state index in [1.54, 1.807) is 6.20 Å². The first-order valence-corrected chi connectivity index (χ1v) is 10.5. The fourth-order valence-electron chi connectivity index (χ4n) is 4.18. The quantitative estimate of drug-likeness (QED) is 0.671. The zero-order valence-corrected chi connectivity index (χ0v) is 17.7. The fourth-order valence-corrected chi connectivity index (χ4v) is 4.37. The standard InChI is InChI=1S/C21H27ClN6O/c1-26(18-6-5-15-14-24-27(2)19(15)12-18)17-7-10-28(11-8-17)9-3-4-16-13-23-25-21(29)20(16)22/h5-6,12-14,17H,3-4,7-11H2,1-2H3,(H,25,29). The number of aryl methyl sites for hydroxylation is 2. The van der Waals surface area contributed by atoms with Gasteiger partial charge in [0, 0.05) is 44.3 Å². The number of hydrogen-bond acceptors (Lipinski definition) is 5. The molecule has 1 aliphatic heterocycles. The molecule has 1 saturated heterocycles. The van der Waals surface area contributed by atoms with Gasteiger partial charge in [0.25, 0.3) is 5.56 Å². The summed E-state index contributed by atoms with van der Waals surface area (Å²) < 4.78 is 1.93. The van der Waals surface area contributed by atoms with Crippen LogP contribution in [0.3, 0.4) is 0 Å². The SMILES string of the molecule is CN(c1ccc2cnn(C)c2c1)C1CCN(CCCc2cn[nH]c(=O)c2Cl)CC1. The first-order valence-electron chi connectivity index (χ1n) is 10.1. The second-order valence-corrected chi connectivity index (χ2v) is 8.21. The predicted molar refractivity (Wildman–Crippen MR) is 117 cm³/mol. The molecule has 0 saturated carbocycles. The average molecular weight is 415 g/mol. The van der Waals surface area contributed by atoms with Crippen molar-refractivity contribution in [3.05, 3.63) is 51.5 Å². The molecule has 1 N–H and O–H groups in total. The highest BCUT2D eigenvalue weighted by molar-refractivity contribution is 6.31. The highest BCUT2D eigenvalue weighted by Crippen LogP contribution is 2.26. The van der Waals surface area contributed by atoms with Crippen molar-refractivity contribution in [2.75, 3.05) is 31.6 Å². The van der Waals surface area contributed by atoms with Crippen molar-refractivity contribution >= 4 is 28.2 Å². The van der Waals surface area contributed by atoms with E-state index in [1.165, 1.54) is 16.6 Å². The van der Waals surface area contributed by atoms with Gasteiger partial charge < -0.3 is 9.80 Å². The van der Waals surface area contributed by atoms with E-state index in [-0.39, 0.29) is 10.6 Å². The van der Waals surface area contributed by atoms with Gasteiger partial charge in [0.2, 0.25) is 0 Å². The summed E-state index contributed by atoms with van der Waals surface area (Å²) in [6.07, 6.45) is 7.61. The molecular weight excluding hydrogens is 388 g/mol. The number of hydrogen-bond donors (Lipinski definition) is 1. The van der Waals surface area contributed by atoms with Crippen LogP contribution in [0.2, 0.25) is 5.02 Å². The maximum Gasteiger partial charge on any atom is 0.283 e. The van der Waals surface area contributed by atoms with Crippen LogP contribution >= 0.6 is 11.6 Å². The molecule has 8 heteroatoms. The van der Waals surface area contributed by atoms with Crippen molar-refractivity contribution in [3.8, 4) is 0 Å². The van der Waals surface area contributed by atoms with Gasteiger partial charge in [-0.2, -0.15) is 10.2 Å². The Kier molecular flexibility index (Phi) is 5.87. The van der Waals surface area contributed by atoms with Crippen LogP contribution in [0.25, 0.3) is 10.9 Å². The molecule has 3 heterocycles. The van der Waals surface area contributed by atoms with Crippen LogP contribution in [-0.4, -0.2) is 57.6 Å². The number of H-pyrrole nitrogens is 1. The van der Waals surface area contributed by atoms with Crippen molar-refractivity contribution < 1.29 is 0 Å². The lowest BCUT2D eigenvalue weighted by Gasteiger charge is -2.38. The molecule has 0 radical (unpaired) electrons. The average Bonchev–Trinajstić information content (AvgIpc) is 3.11. The summed E-state index contributed by atoms with van der Waals surface area (Å²) in [4.78, 5) is 16.4. The molecular formula is C21H27ClN6O. The van der Waals surface area contributed by atoms with Gasteiger partial charge in [-0.05, 0) is 56.0 Å². The molecule has 0 bridgehead atoms. The highest BCUT2D eigenvalue weighted by Gasteiger charge is 2.23. The Balaban J connectivity index is 1.29. The lowest BCUT2D eigenvalue weighted by atomic mass is 10.0. The van der Waals surface area contributed by atoms with Crippen LogP contribution < -0.4 is 10.5 Å². The van der Waals surface area contributed by atoms with Crippen LogP contribution in [0.1, 0.15) is 24.8 Å². The molecule has 29 heavy (non-hydrogen) atoms. The molecule has 1 aliphatic rings. The van der Waals surface area contributed by atoms with Crippen LogP contribution in [0.5, 0.6) is 0 Å². The minimum atomic E-state index is -0.308. The summed E-state index contributed by atoms with van der Waals surface area (Å²) in [7, 11) is 4.18. The van der Waals surface area contributed by atoms with Gasteiger partial charge in [-0.25, -0.2) is 5.10 Å². The van der Waals surface area contributed by atoms with Crippen molar-refractivity contribution in [1.82, 2.24) is 24.9 Å². The fraction of sp³-hybridized carbons (Fsp3) is 0.476. The number of anilines is 1. The molecule has 3 aromatic rings. The second kappa shape index (κ2) is 8.55. The lowest BCUT2D eigenvalue weighted by Crippen LogP contribution is -2.43. The molecule has 0 atom stereocenters. The molecule has 7 nitrogen and oxygen atoms in total. The Bertz CT molecular complexity index is 1040. The van der Waals surface area contributed by atoms with E-state index in [2.05, 4.69) is 50.3 Å². The number of likely N-dealkylation sites (tertiary alicyclic amines) is 1. The Hall–Kier alpha value is -2.38. The Morgan fingerprint density at radius 3 is 2.86 bits per heavy atom. The third-order valence-electron chi connectivity index (χ3n) is 6.03. The summed E-state index contributed by atoms with van der Waals surface area (Å²) in [6.45, 7) is 3.19. The van der Waals surface area contributed by atoms with Gasteiger partial charge in [0.15, 0.2) is 0 Å². The molecule has 154 valence electrons. The predicted octanol–water partition coefficient (Wildman–Crippen LogP) is 2.84. The third kappa shape index (κ3) is 4.31. The van der Waals surface area contributed by atoms with E-state index in [4.69, 9.17) is 11.6 Å². The van der Waals surface area contributed by atoms with E-state index in [9.17, 15) is 4.79 Å². The number of fused-ring (bicyclic) bond motifs is 1. The van der Waals surface area contributed by atoms with Crippen molar-refractivity contribution in [3.63, 3.8) is 0 Å². The minimum absolute atomic E-state index is 0.269. The summed E-state index contributed by atoms with van der Waals surface area (Å²) in [5.41, 5.74) is 2.93. The first-order chi connectivity index (χ1) is 14.0. The topological polar surface area (TPSA) is 70.1 Å². The smallest absolute Gasteiger partial charge is 0.283 e. The molecule has 0 spiro atoms. The number of benzene rings is 1. The molecule has 0 unspecified atom stereocenters. The Morgan fingerprint density at radius 1 is 1.28 bits per heavy atom. The van der Waals surface area contributed by atoms with Gasteiger partial charge in [0.1, 0.15) is 5.02 Å². The second-order valence-electron chi connectivity index (χ2n) is 7.84. The number of piperidine rings is 1. The van der Waals surface area contributed by atoms with E-state index < -0.39 is 0 Å². The minimum Gasteiger partial charge on any atom is -0.371 e. The van der Waals surface area contributed by atoms with Gasteiger partial charge in [-0.15, -0.1) is 0 Å².